The smallest absolute Gasteiger partial charge is 0.407 e. The van der Waals surface area contributed by atoms with Crippen molar-refractivity contribution < 1.29 is 42.9 Å². The highest BCUT2D eigenvalue weighted by atomic mass is 19.1. The zero-order chi connectivity index (χ0) is 50.4. The number of aryl methyl sites for hydroxylation is 1. The number of carbonyl (C=O) groups is 4. The molecule has 69 heavy (non-hydrogen) atoms. The molecule has 5 aromatic rings. The SMILES string of the molecule is CC.CC.CC.Cc1cc2c(CN(N)/C=C(\N)CCCNC(=O)COCNC(=O)CNC(=O)OCC3c4ccccc4-c4ccccc43)c3c(nc2cc1F)-c1cc2c(c(=O)n1C3)COC(=O)C2O. The van der Waals surface area contributed by atoms with Gasteiger partial charge in [-0.05, 0) is 65.3 Å². The number of esters is 1. The van der Waals surface area contributed by atoms with Crippen molar-refractivity contribution in [2.75, 3.05) is 33.0 Å². The van der Waals surface area contributed by atoms with Crippen molar-refractivity contribution in [3.63, 3.8) is 0 Å². The van der Waals surface area contributed by atoms with Gasteiger partial charge in [-0.1, -0.05) is 90.1 Å². The van der Waals surface area contributed by atoms with Gasteiger partial charge < -0.3 is 50.6 Å². The molecule has 0 saturated carbocycles. The summed E-state index contributed by atoms with van der Waals surface area (Å²) in [6.07, 6.45) is 0.0389. The van der Waals surface area contributed by atoms with E-state index in [-0.39, 0.29) is 69.8 Å². The molecule has 17 nitrogen and oxygen atoms in total. The van der Waals surface area contributed by atoms with E-state index in [0.29, 0.717) is 57.5 Å². The third-order valence-corrected chi connectivity index (χ3v) is 11.3. The lowest BCUT2D eigenvalue weighted by Gasteiger charge is -2.21. The number of amides is 3. The van der Waals surface area contributed by atoms with Crippen LogP contribution in [0.2, 0.25) is 0 Å². The zero-order valence-corrected chi connectivity index (χ0v) is 40.2. The highest BCUT2D eigenvalue weighted by molar-refractivity contribution is 5.89. The maximum Gasteiger partial charge on any atom is 0.407 e. The number of allylic oxidation sites excluding steroid dienone is 1. The number of carbonyl (C=O) groups excluding carboxylic acids is 4. The first-order chi connectivity index (χ1) is 33.4. The van der Waals surface area contributed by atoms with Crippen molar-refractivity contribution in [1.29, 1.82) is 0 Å². The molecule has 3 aliphatic rings. The van der Waals surface area contributed by atoms with E-state index in [1.807, 2.05) is 90.1 Å². The summed E-state index contributed by atoms with van der Waals surface area (Å²) in [6.45, 7) is 13.1. The lowest BCUT2D eigenvalue weighted by Crippen LogP contribution is -2.39. The number of nitrogens with zero attached hydrogens (tertiary/aromatic N) is 3. The number of nitrogens with one attached hydrogen (secondary N) is 3. The Kier molecular flexibility index (Phi) is 18.9. The molecule has 2 aliphatic heterocycles. The first-order valence-electron chi connectivity index (χ1n) is 23.3. The van der Waals surface area contributed by atoms with Gasteiger partial charge in [0.15, 0.2) is 6.10 Å². The predicted octanol–water partition coefficient (Wildman–Crippen LogP) is 6.04. The fourth-order valence-electron chi connectivity index (χ4n) is 8.24. The minimum absolute atomic E-state index is 0.107. The van der Waals surface area contributed by atoms with E-state index in [9.17, 15) is 33.5 Å². The molecular weight excluding hydrogens is 888 g/mol. The molecule has 1 aliphatic carbocycles. The molecule has 8 rings (SSSR count). The Morgan fingerprint density at radius 3 is 2.28 bits per heavy atom. The van der Waals surface area contributed by atoms with Gasteiger partial charge in [-0.3, -0.25) is 14.4 Å². The predicted molar refractivity (Wildman–Crippen MR) is 260 cm³/mol. The first-order valence-corrected chi connectivity index (χ1v) is 23.3. The number of fused-ring (bicyclic) bond motifs is 8. The molecule has 2 aromatic heterocycles. The molecule has 18 heteroatoms. The van der Waals surface area contributed by atoms with Gasteiger partial charge in [-0.15, -0.1) is 0 Å². The number of cyclic esters (lactones) is 1. The van der Waals surface area contributed by atoms with Crippen LogP contribution in [0.4, 0.5) is 9.18 Å². The Balaban J connectivity index is 0.00000142. The molecule has 4 heterocycles. The number of aliphatic hydroxyl groups is 1. The monoisotopic (exact) mass is 950 g/mol. The van der Waals surface area contributed by atoms with Crippen LogP contribution >= 0.6 is 0 Å². The second-order valence-electron chi connectivity index (χ2n) is 15.5. The van der Waals surface area contributed by atoms with Crippen LogP contribution in [0, 0.1) is 12.7 Å². The Hall–Kier alpha value is -7.15. The van der Waals surface area contributed by atoms with E-state index >= 15 is 0 Å². The Labute approximate surface area is 401 Å². The van der Waals surface area contributed by atoms with Gasteiger partial charge in [-0.2, -0.15) is 0 Å². The zero-order valence-electron chi connectivity index (χ0n) is 40.2. The van der Waals surface area contributed by atoms with Gasteiger partial charge in [0, 0.05) is 46.9 Å². The standard InChI is InChI=1S/C45H45FN8O9.3C2H6/c1-24-13-30-32(33-19-54-38(41(33)52-37(30)15-36(24)46)14-31-35(43(54)58)21-62-44(59)42(31)57)18-53(48)17-25(47)7-6-12-49-40(56)22-61-23-51-39(55)16-50-45(60)63-20-34-28-10-4-2-8-26(28)27-9-3-5-11-29(27)34;3*1-2/h2-5,8-11,13-15,17,34,42,57H,6-7,12,16,18-23,47-48H2,1H3,(H,49,56)(H,50,60)(H,51,55);3*1-2H3/b25-17-;;;. The van der Waals surface area contributed by atoms with Crippen molar-refractivity contribution in [2.45, 2.75) is 93.0 Å². The fraction of sp³-hybridized carbons (Fsp3) is 0.373. The Bertz CT molecular complexity index is 2710. The molecule has 0 radical (unpaired) electrons. The summed E-state index contributed by atoms with van der Waals surface area (Å²) in [5.41, 5.74) is 13.9. The fourth-order valence-corrected chi connectivity index (χ4v) is 8.24. The molecular formula is C51H63FN8O9. The maximum absolute atomic E-state index is 14.8. The van der Waals surface area contributed by atoms with Crippen LogP contribution in [-0.2, 0) is 48.3 Å². The van der Waals surface area contributed by atoms with Gasteiger partial charge in [0.2, 0.25) is 11.8 Å². The number of ether oxygens (including phenoxy) is 3. The summed E-state index contributed by atoms with van der Waals surface area (Å²) in [4.78, 5) is 67.3. The topological polar surface area (TPSA) is 242 Å². The molecule has 8 N–H and O–H groups in total. The van der Waals surface area contributed by atoms with Crippen molar-refractivity contribution in [1.82, 2.24) is 30.5 Å². The molecule has 0 fully saturated rings. The Morgan fingerprint density at radius 2 is 1.59 bits per heavy atom. The summed E-state index contributed by atoms with van der Waals surface area (Å²) in [5, 5.41) is 20.1. The molecule has 0 spiro atoms. The average Bonchev–Trinajstić information content (AvgIpc) is 3.89. The molecule has 0 saturated heterocycles. The van der Waals surface area contributed by atoms with Gasteiger partial charge >= 0.3 is 12.1 Å². The molecule has 3 amide bonds. The maximum atomic E-state index is 14.8. The van der Waals surface area contributed by atoms with E-state index < -0.39 is 41.4 Å². The van der Waals surface area contributed by atoms with Gasteiger partial charge in [0.25, 0.3) is 5.56 Å². The van der Waals surface area contributed by atoms with Crippen LogP contribution in [0.3, 0.4) is 0 Å². The summed E-state index contributed by atoms with van der Waals surface area (Å²) in [6, 6.07) is 20.5. The highest BCUT2D eigenvalue weighted by Gasteiger charge is 2.35. The third-order valence-electron chi connectivity index (χ3n) is 11.3. The molecule has 1 atom stereocenters. The number of halogens is 1. The lowest BCUT2D eigenvalue weighted by atomic mass is 9.97. The second kappa shape index (κ2) is 24.7. The number of benzene rings is 3. The number of hydrogen-bond donors (Lipinski definition) is 6. The Morgan fingerprint density at radius 1 is 0.928 bits per heavy atom. The quantitative estimate of drug-likeness (QED) is 0.0226. The minimum atomic E-state index is -1.62. The number of nitrogens with two attached hydrogens (primary N) is 2. The summed E-state index contributed by atoms with van der Waals surface area (Å²) >= 11 is 0. The summed E-state index contributed by atoms with van der Waals surface area (Å²) in [5.74, 6) is 4.09. The number of rotatable bonds is 15. The molecule has 1 unspecified atom stereocenters. The van der Waals surface area contributed by atoms with Crippen LogP contribution < -0.4 is 33.1 Å². The van der Waals surface area contributed by atoms with E-state index in [1.54, 1.807) is 25.3 Å². The van der Waals surface area contributed by atoms with Crippen molar-refractivity contribution in [2.24, 2.45) is 11.6 Å². The molecule has 0 bridgehead atoms. The number of aliphatic hydroxyl groups excluding tert-OH is 1. The number of hydrazine groups is 1. The van der Waals surface area contributed by atoms with E-state index in [2.05, 4.69) is 16.0 Å². The third kappa shape index (κ3) is 12.1. The van der Waals surface area contributed by atoms with Crippen molar-refractivity contribution >= 4 is 34.8 Å². The van der Waals surface area contributed by atoms with Crippen molar-refractivity contribution in [3.8, 4) is 22.5 Å². The average molecular weight is 951 g/mol. The molecule has 368 valence electrons. The normalized spacial score (nSPS) is 13.8. The van der Waals surface area contributed by atoms with Crippen LogP contribution in [0.5, 0.6) is 0 Å². The first kappa shape index (κ1) is 52.8. The van der Waals surface area contributed by atoms with Crippen LogP contribution in [0.1, 0.15) is 105 Å². The van der Waals surface area contributed by atoms with Gasteiger partial charge in [-0.25, -0.2) is 24.8 Å². The van der Waals surface area contributed by atoms with Crippen LogP contribution in [0.25, 0.3) is 33.4 Å². The highest BCUT2D eigenvalue weighted by Crippen LogP contribution is 2.44. The number of pyridine rings is 2. The number of alkyl carbamates (subject to hydrolysis) is 1. The van der Waals surface area contributed by atoms with Gasteiger partial charge in [0.1, 0.15) is 38.9 Å². The second-order valence-corrected chi connectivity index (χ2v) is 15.5. The van der Waals surface area contributed by atoms with Crippen LogP contribution in [0.15, 0.2) is 83.4 Å². The van der Waals surface area contributed by atoms with Gasteiger partial charge in [0.05, 0.1) is 35.6 Å². The number of hydrogen-bond acceptors (Lipinski definition) is 13. The van der Waals surface area contributed by atoms with E-state index in [1.165, 1.54) is 15.6 Å². The lowest BCUT2D eigenvalue weighted by molar-refractivity contribution is -0.157. The van der Waals surface area contributed by atoms with E-state index in [0.717, 1.165) is 22.3 Å². The van der Waals surface area contributed by atoms with Crippen LogP contribution in [-0.4, -0.2) is 76.6 Å². The summed E-state index contributed by atoms with van der Waals surface area (Å²) in [7, 11) is 0. The minimum Gasteiger partial charge on any atom is -0.458 e. The summed E-state index contributed by atoms with van der Waals surface area (Å²) < 4.78 is 32.0. The van der Waals surface area contributed by atoms with E-state index in [4.69, 9.17) is 30.8 Å². The largest absolute Gasteiger partial charge is 0.458 e. The molecule has 3 aromatic carbocycles. The number of aromatic nitrogens is 2. The van der Waals surface area contributed by atoms with Crippen molar-refractivity contribution in [3.05, 3.63) is 134 Å².